The smallest absolute Gasteiger partial charge is 0.389 e. The van der Waals surface area contributed by atoms with Crippen LogP contribution in [0.5, 0.6) is 0 Å². The largest absolute Gasteiger partial charge is 0.419 e. The number of rotatable bonds is 3. The number of alkyl halides is 3. The summed E-state index contributed by atoms with van der Waals surface area (Å²) in [5.74, 6) is -1.09. The van der Waals surface area contributed by atoms with E-state index >= 15 is 0 Å². The van der Waals surface area contributed by atoms with Gasteiger partial charge in [-0.15, -0.1) is 0 Å². The lowest BCUT2D eigenvalue weighted by atomic mass is 10.1. The van der Waals surface area contributed by atoms with Crippen molar-refractivity contribution in [1.82, 2.24) is 4.98 Å². The Morgan fingerprint density at radius 1 is 1.19 bits per heavy atom. The van der Waals surface area contributed by atoms with Crippen molar-refractivity contribution in [3.63, 3.8) is 0 Å². The van der Waals surface area contributed by atoms with Gasteiger partial charge >= 0.3 is 6.18 Å². The molecule has 1 heterocycles. The SMILES string of the molecule is NC(=S)c1ccnc(Nc2ccc(F)c(C(F)(F)F)c2)c1. The molecule has 0 bridgehead atoms. The summed E-state index contributed by atoms with van der Waals surface area (Å²) < 4.78 is 51.0. The number of nitrogens with two attached hydrogens (primary N) is 1. The van der Waals surface area contributed by atoms with Gasteiger partial charge in [0, 0.05) is 17.4 Å². The highest BCUT2D eigenvalue weighted by Gasteiger charge is 2.34. The van der Waals surface area contributed by atoms with E-state index in [0.717, 1.165) is 6.07 Å². The van der Waals surface area contributed by atoms with Crippen molar-refractivity contribution in [2.75, 3.05) is 5.32 Å². The van der Waals surface area contributed by atoms with Crippen molar-refractivity contribution >= 4 is 28.7 Å². The first-order valence-corrected chi connectivity index (χ1v) is 6.08. The number of anilines is 2. The Bertz CT molecular complexity index is 685. The number of nitrogens with zero attached hydrogens (tertiary/aromatic N) is 1. The first-order valence-electron chi connectivity index (χ1n) is 5.67. The van der Waals surface area contributed by atoms with E-state index in [9.17, 15) is 17.6 Å². The summed E-state index contributed by atoms with van der Waals surface area (Å²) in [7, 11) is 0. The van der Waals surface area contributed by atoms with Gasteiger partial charge in [-0.2, -0.15) is 13.2 Å². The molecule has 0 spiro atoms. The standard InChI is InChI=1S/C13H9F4N3S/c14-10-2-1-8(6-9(10)13(15,16)17)20-11-5-7(12(18)21)3-4-19-11/h1-6H,(H2,18,21)(H,19,20). The number of benzene rings is 1. The van der Waals surface area contributed by atoms with Crippen molar-refractivity contribution in [3.05, 3.63) is 53.5 Å². The van der Waals surface area contributed by atoms with Gasteiger partial charge in [0.05, 0.1) is 5.56 Å². The molecular formula is C13H9F4N3S. The van der Waals surface area contributed by atoms with E-state index in [-0.39, 0.29) is 16.5 Å². The fourth-order valence-corrected chi connectivity index (χ4v) is 1.75. The molecule has 2 aromatic rings. The number of nitrogens with one attached hydrogen (secondary N) is 1. The molecule has 0 radical (unpaired) electrons. The van der Waals surface area contributed by atoms with Crippen LogP contribution in [0.15, 0.2) is 36.5 Å². The Hall–Kier alpha value is -2.22. The summed E-state index contributed by atoms with van der Waals surface area (Å²) in [6, 6.07) is 5.64. The maximum absolute atomic E-state index is 13.2. The molecule has 0 aliphatic carbocycles. The fourth-order valence-electron chi connectivity index (χ4n) is 1.62. The third kappa shape index (κ3) is 3.66. The van der Waals surface area contributed by atoms with Crippen LogP contribution in [0.25, 0.3) is 0 Å². The van der Waals surface area contributed by atoms with Crippen LogP contribution in [0.1, 0.15) is 11.1 Å². The molecule has 0 aliphatic heterocycles. The number of thiocarbonyl (C=S) groups is 1. The van der Waals surface area contributed by atoms with Gasteiger partial charge in [0.15, 0.2) is 0 Å². The van der Waals surface area contributed by atoms with Gasteiger partial charge in [0.2, 0.25) is 0 Å². The molecule has 3 N–H and O–H groups in total. The van der Waals surface area contributed by atoms with Gasteiger partial charge in [-0.05, 0) is 30.3 Å². The number of halogens is 4. The Morgan fingerprint density at radius 3 is 2.52 bits per heavy atom. The molecule has 0 aliphatic rings. The summed E-state index contributed by atoms with van der Waals surface area (Å²) in [4.78, 5) is 4.06. The Morgan fingerprint density at radius 2 is 1.90 bits per heavy atom. The molecule has 3 nitrogen and oxygen atoms in total. The number of hydrogen-bond acceptors (Lipinski definition) is 3. The quantitative estimate of drug-likeness (QED) is 0.671. The lowest BCUT2D eigenvalue weighted by molar-refractivity contribution is -0.139. The van der Waals surface area contributed by atoms with Crippen molar-refractivity contribution in [1.29, 1.82) is 0 Å². The van der Waals surface area contributed by atoms with Crippen LogP contribution in [0.4, 0.5) is 29.1 Å². The van der Waals surface area contributed by atoms with Gasteiger partial charge in [-0.3, -0.25) is 0 Å². The second kappa shape index (κ2) is 5.65. The fraction of sp³-hybridized carbons (Fsp3) is 0.0769. The lowest BCUT2D eigenvalue weighted by Crippen LogP contribution is -2.10. The molecule has 2 rings (SSSR count). The maximum atomic E-state index is 13.2. The number of hydrogen-bond donors (Lipinski definition) is 2. The van der Waals surface area contributed by atoms with E-state index in [1.165, 1.54) is 18.3 Å². The molecule has 0 saturated heterocycles. The van der Waals surface area contributed by atoms with Crippen LogP contribution in [0.3, 0.4) is 0 Å². The first kappa shape index (κ1) is 15.2. The predicted octanol–water partition coefficient (Wildman–Crippen LogP) is 3.62. The zero-order valence-corrected chi connectivity index (χ0v) is 11.2. The van der Waals surface area contributed by atoms with Gasteiger partial charge in [-0.25, -0.2) is 9.37 Å². The third-order valence-corrected chi connectivity index (χ3v) is 2.82. The molecular weight excluding hydrogens is 306 g/mol. The monoisotopic (exact) mass is 315 g/mol. The average molecular weight is 315 g/mol. The minimum absolute atomic E-state index is 0.0521. The normalized spacial score (nSPS) is 11.2. The van der Waals surface area contributed by atoms with E-state index in [1.807, 2.05) is 0 Å². The van der Waals surface area contributed by atoms with E-state index < -0.39 is 17.6 Å². The van der Waals surface area contributed by atoms with Crippen LogP contribution in [0, 0.1) is 5.82 Å². The molecule has 1 aromatic heterocycles. The summed E-state index contributed by atoms with van der Waals surface area (Å²) in [6.07, 6.45) is -3.36. The predicted molar refractivity (Wildman–Crippen MR) is 74.8 cm³/mol. The lowest BCUT2D eigenvalue weighted by Gasteiger charge is -2.11. The van der Waals surface area contributed by atoms with Gasteiger partial charge in [0.1, 0.15) is 16.6 Å². The zero-order chi connectivity index (χ0) is 15.6. The van der Waals surface area contributed by atoms with Crippen molar-refractivity contribution < 1.29 is 17.6 Å². The maximum Gasteiger partial charge on any atom is 0.419 e. The Balaban J connectivity index is 2.32. The van der Waals surface area contributed by atoms with Gasteiger partial charge in [0.25, 0.3) is 0 Å². The Kier molecular flexibility index (Phi) is 4.08. The highest BCUT2D eigenvalue weighted by atomic mass is 32.1. The van der Waals surface area contributed by atoms with E-state index in [2.05, 4.69) is 10.3 Å². The van der Waals surface area contributed by atoms with Crippen LogP contribution in [0.2, 0.25) is 0 Å². The molecule has 8 heteroatoms. The molecule has 0 unspecified atom stereocenters. The van der Waals surface area contributed by atoms with Gasteiger partial charge < -0.3 is 11.1 Å². The molecule has 0 atom stereocenters. The summed E-state index contributed by atoms with van der Waals surface area (Å²) in [5.41, 5.74) is 4.67. The van der Waals surface area contributed by atoms with E-state index in [4.69, 9.17) is 18.0 Å². The van der Waals surface area contributed by atoms with Crippen molar-refractivity contribution in [2.45, 2.75) is 6.18 Å². The summed E-state index contributed by atoms with van der Waals surface area (Å²) in [5, 5.41) is 2.65. The zero-order valence-electron chi connectivity index (χ0n) is 10.4. The van der Waals surface area contributed by atoms with Crippen LogP contribution < -0.4 is 11.1 Å². The number of pyridine rings is 1. The molecule has 0 fully saturated rings. The highest BCUT2D eigenvalue weighted by Crippen LogP contribution is 2.33. The van der Waals surface area contributed by atoms with Gasteiger partial charge in [-0.1, -0.05) is 12.2 Å². The van der Waals surface area contributed by atoms with E-state index in [1.54, 1.807) is 6.07 Å². The first-order chi connectivity index (χ1) is 9.77. The molecule has 1 aromatic carbocycles. The molecule has 110 valence electrons. The van der Waals surface area contributed by atoms with Crippen molar-refractivity contribution in [3.8, 4) is 0 Å². The Labute approximate surface area is 122 Å². The topological polar surface area (TPSA) is 50.9 Å². The van der Waals surface area contributed by atoms with Crippen LogP contribution in [-0.2, 0) is 6.18 Å². The molecule has 0 saturated carbocycles. The number of aromatic nitrogens is 1. The third-order valence-electron chi connectivity index (χ3n) is 2.59. The minimum Gasteiger partial charge on any atom is -0.389 e. The summed E-state index contributed by atoms with van der Waals surface area (Å²) >= 11 is 4.80. The summed E-state index contributed by atoms with van der Waals surface area (Å²) in [6.45, 7) is 0. The molecule has 0 amide bonds. The minimum atomic E-state index is -4.77. The molecule has 21 heavy (non-hydrogen) atoms. The van der Waals surface area contributed by atoms with E-state index in [0.29, 0.717) is 11.6 Å². The van der Waals surface area contributed by atoms with Crippen molar-refractivity contribution in [2.24, 2.45) is 5.73 Å². The second-order valence-electron chi connectivity index (χ2n) is 4.11. The second-order valence-corrected chi connectivity index (χ2v) is 4.55. The average Bonchev–Trinajstić information content (AvgIpc) is 2.40. The van der Waals surface area contributed by atoms with Crippen LogP contribution >= 0.6 is 12.2 Å². The van der Waals surface area contributed by atoms with Crippen LogP contribution in [-0.4, -0.2) is 9.97 Å². The highest BCUT2D eigenvalue weighted by molar-refractivity contribution is 7.80.